The van der Waals surface area contributed by atoms with E-state index >= 15 is 0 Å². The van der Waals surface area contributed by atoms with Crippen molar-refractivity contribution in [2.24, 2.45) is 5.92 Å². The van der Waals surface area contributed by atoms with Gasteiger partial charge in [-0.05, 0) is 44.5 Å². The van der Waals surface area contributed by atoms with Crippen molar-refractivity contribution >= 4 is 10.0 Å². The van der Waals surface area contributed by atoms with Crippen LogP contribution >= 0.6 is 0 Å². The predicted octanol–water partition coefficient (Wildman–Crippen LogP) is 1.47. The molecule has 0 saturated carbocycles. The zero-order valence-electron chi connectivity index (χ0n) is 13.5. The molecule has 1 aromatic rings. The van der Waals surface area contributed by atoms with Crippen molar-refractivity contribution in [2.75, 3.05) is 39.9 Å². The molecular formula is C16H24N2O4S. The van der Waals surface area contributed by atoms with Crippen LogP contribution in [-0.2, 0) is 10.0 Å². The Kier molecular flexibility index (Phi) is 5.08. The van der Waals surface area contributed by atoms with Gasteiger partial charge < -0.3 is 14.4 Å². The van der Waals surface area contributed by atoms with E-state index in [1.807, 2.05) is 0 Å². The van der Waals surface area contributed by atoms with E-state index in [0.717, 1.165) is 32.4 Å². The Morgan fingerprint density at radius 2 is 2.00 bits per heavy atom. The molecule has 0 amide bonds. The summed E-state index contributed by atoms with van der Waals surface area (Å²) in [6.45, 7) is 3.63. The topological polar surface area (TPSA) is 67.9 Å². The average Bonchev–Trinajstić information content (AvgIpc) is 2.78. The predicted molar refractivity (Wildman–Crippen MR) is 87.5 cm³/mol. The minimum atomic E-state index is -3.53. The summed E-state index contributed by atoms with van der Waals surface area (Å²) >= 11 is 0. The van der Waals surface area contributed by atoms with Crippen LogP contribution < -0.4 is 14.2 Å². The standard InChI is InChI=1S/C16H24N2O4S/c1-18-7-2-4-13(12-18)11-17-23(19,20)14-5-6-15-16(10-14)22-9-3-8-21-15/h5-6,10,13,17H,2-4,7-9,11-12H2,1H3. The van der Waals surface area contributed by atoms with Crippen LogP contribution in [0.25, 0.3) is 0 Å². The van der Waals surface area contributed by atoms with E-state index in [2.05, 4.69) is 16.7 Å². The highest BCUT2D eigenvalue weighted by molar-refractivity contribution is 7.89. The number of nitrogens with zero attached hydrogens (tertiary/aromatic N) is 1. The summed E-state index contributed by atoms with van der Waals surface area (Å²) in [6, 6.07) is 4.79. The second-order valence-electron chi connectivity index (χ2n) is 6.28. The van der Waals surface area contributed by atoms with Crippen molar-refractivity contribution in [2.45, 2.75) is 24.2 Å². The molecule has 0 bridgehead atoms. The molecule has 1 N–H and O–H groups in total. The third-order valence-electron chi connectivity index (χ3n) is 4.31. The molecule has 2 aliphatic heterocycles. The monoisotopic (exact) mass is 340 g/mol. The summed E-state index contributed by atoms with van der Waals surface area (Å²) in [5, 5.41) is 0. The van der Waals surface area contributed by atoms with Crippen molar-refractivity contribution in [3.05, 3.63) is 18.2 Å². The van der Waals surface area contributed by atoms with Gasteiger partial charge in [-0.25, -0.2) is 13.1 Å². The van der Waals surface area contributed by atoms with Gasteiger partial charge in [-0.3, -0.25) is 0 Å². The Morgan fingerprint density at radius 1 is 1.22 bits per heavy atom. The molecule has 0 spiro atoms. The van der Waals surface area contributed by atoms with Gasteiger partial charge in [0.15, 0.2) is 11.5 Å². The van der Waals surface area contributed by atoms with Gasteiger partial charge >= 0.3 is 0 Å². The lowest BCUT2D eigenvalue weighted by molar-refractivity contribution is 0.211. The molecule has 7 heteroatoms. The van der Waals surface area contributed by atoms with Crippen molar-refractivity contribution in [3.63, 3.8) is 0 Å². The molecule has 23 heavy (non-hydrogen) atoms. The number of nitrogens with one attached hydrogen (secondary N) is 1. The van der Waals surface area contributed by atoms with E-state index in [9.17, 15) is 8.42 Å². The Morgan fingerprint density at radius 3 is 2.78 bits per heavy atom. The highest BCUT2D eigenvalue weighted by Gasteiger charge is 2.22. The number of piperidine rings is 1. The Balaban J connectivity index is 1.68. The first-order valence-corrected chi connectivity index (χ1v) is 9.61. The maximum absolute atomic E-state index is 12.5. The molecule has 2 heterocycles. The first-order valence-electron chi connectivity index (χ1n) is 8.12. The van der Waals surface area contributed by atoms with Crippen LogP contribution in [0.1, 0.15) is 19.3 Å². The molecule has 3 rings (SSSR count). The van der Waals surface area contributed by atoms with Gasteiger partial charge in [0.2, 0.25) is 10.0 Å². The molecule has 128 valence electrons. The summed E-state index contributed by atoms with van der Waals surface area (Å²) in [7, 11) is -1.45. The molecule has 0 radical (unpaired) electrons. The van der Waals surface area contributed by atoms with E-state index < -0.39 is 10.0 Å². The van der Waals surface area contributed by atoms with E-state index in [1.54, 1.807) is 18.2 Å². The van der Waals surface area contributed by atoms with Gasteiger partial charge in [0.05, 0.1) is 18.1 Å². The largest absolute Gasteiger partial charge is 0.490 e. The number of sulfonamides is 1. The van der Waals surface area contributed by atoms with Crippen LogP contribution in [-0.4, -0.2) is 53.2 Å². The fourth-order valence-electron chi connectivity index (χ4n) is 3.06. The molecule has 1 saturated heterocycles. The van der Waals surface area contributed by atoms with Crippen LogP contribution in [0, 0.1) is 5.92 Å². The zero-order valence-corrected chi connectivity index (χ0v) is 14.3. The van der Waals surface area contributed by atoms with E-state index in [0.29, 0.717) is 37.2 Å². The summed E-state index contributed by atoms with van der Waals surface area (Å²) in [4.78, 5) is 2.47. The molecular weight excluding hydrogens is 316 g/mol. The van der Waals surface area contributed by atoms with Crippen molar-refractivity contribution in [1.82, 2.24) is 9.62 Å². The molecule has 1 atom stereocenters. The van der Waals surface area contributed by atoms with Crippen LogP contribution in [0.2, 0.25) is 0 Å². The fourth-order valence-corrected chi connectivity index (χ4v) is 4.19. The molecule has 1 aromatic carbocycles. The van der Waals surface area contributed by atoms with Gasteiger partial charge in [0.25, 0.3) is 0 Å². The van der Waals surface area contributed by atoms with Crippen LogP contribution in [0.15, 0.2) is 23.1 Å². The maximum atomic E-state index is 12.5. The zero-order chi connectivity index (χ0) is 16.3. The quantitative estimate of drug-likeness (QED) is 0.899. The molecule has 1 fully saturated rings. The van der Waals surface area contributed by atoms with Gasteiger partial charge in [-0.2, -0.15) is 0 Å². The van der Waals surface area contributed by atoms with Crippen LogP contribution in [0.4, 0.5) is 0 Å². The molecule has 6 nitrogen and oxygen atoms in total. The number of likely N-dealkylation sites (tertiary alicyclic amines) is 1. The lowest BCUT2D eigenvalue weighted by Gasteiger charge is -2.29. The third kappa shape index (κ3) is 4.16. The van der Waals surface area contributed by atoms with Crippen LogP contribution in [0.5, 0.6) is 11.5 Å². The van der Waals surface area contributed by atoms with E-state index in [1.165, 1.54) is 0 Å². The fraction of sp³-hybridized carbons (Fsp3) is 0.625. The number of ether oxygens (including phenoxy) is 2. The number of fused-ring (bicyclic) bond motifs is 1. The summed E-state index contributed by atoms with van der Waals surface area (Å²) in [5.41, 5.74) is 0. The maximum Gasteiger partial charge on any atom is 0.240 e. The molecule has 1 unspecified atom stereocenters. The number of benzene rings is 1. The lowest BCUT2D eigenvalue weighted by atomic mass is 9.99. The van der Waals surface area contributed by atoms with Crippen molar-refractivity contribution < 1.29 is 17.9 Å². The second kappa shape index (κ2) is 7.07. The van der Waals surface area contributed by atoms with E-state index in [4.69, 9.17) is 9.47 Å². The second-order valence-corrected chi connectivity index (χ2v) is 8.05. The van der Waals surface area contributed by atoms with Gasteiger partial charge in [-0.15, -0.1) is 0 Å². The summed E-state index contributed by atoms with van der Waals surface area (Å²) in [6.07, 6.45) is 2.98. The molecule has 2 aliphatic rings. The summed E-state index contributed by atoms with van der Waals surface area (Å²) in [5.74, 6) is 1.47. The minimum absolute atomic E-state index is 0.228. The van der Waals surface area contributed by atoms with Crippen LogP contribution in [0.3, 0.4) is 0 Å². The average molecular weight is 340 g/mol. The SMILES string of the molecule is CN1CCCC(CNS(=O)(=O)c2ccc3c(c2)OCCCO3)C1. The lowest BCUT2D eigenvalue weighted by Crippen LogP contribution is -2.39. The van der Waals surface area contributed by atoms with Gasteiger partial charge in [-0.1, -0.05) is 0 Å². The number of hydrogen-bond donors (Lipinski definition) is 1. The summed E-state index contributed by atoms with van der Waals surface area (Å²) < 4.78 is 38.9. The third-order valence-corrected chi connectivity index (χ3v) is 5.73. The number of rotatable bonds is 4. The molecule has 0 aliphatic carbocycles. The molecule has 0 aromatic heterocycles. The number of hydrogen-bond acceptors (Lipinski definition) is 5. The van der Waals surface area contributed by atoms with Gasteiger partial charge in [0, 0.05) is 25.6 Å². The Hall–Kier alpha value is -1.31. The highest BCUT2D eigenvalue weighted by atomic mass is 32.2. The first-order chi connectivity index (χ1) is 11.0. The van der Waals surface area contributed by atoms with E-state index in [-0.39, 0.29) is 4.90 Å². The smallest absolute Gasteiger partial charge is 0.240 e. The minimum Gasteiger partial charge on any atom is -0.490 e. The highest BCUT2D eigenvalue weighted by Crippen LogP contribution is 2.31. The van der Waals surface area contributed by atoms with Gasteiger partial charge in [0.1, 0.15) is 0 Å². The Bertz CT molecular complexity index is 647. The first kappa shape index (κ1) is 16.5. The normalized spacial score (nSPS) is 22.6. The Labute approximate surface area is 137 Å². The van der Waals surface area contributed by atoms with Crippen molar-refractivity contribution in [3.8, 4) is 11.5 Å². The van der Waals surface area contributed by atoms with Crippen molar-refractivity contribution in [1.29, 1.82) is 0 Å².